The molecule has 2 aromatic rings. The molecule has 0 aromatic heterocycles. The van der Waals surface area contributed by atoms with Gasteiger partial charge in [-0.3, -0.25) is 0 Å². The van der Waals surface area contributed by atoms with Gasteiger partial charge in [-0.25, -0.2) is 0 Å². The first kappa shape index (κ1) is 16.7. The van der Waals surface area contributed by atoms with Crippen LogP contribution in [0.25, 0.3) is 0 Å². The molecule has 0 aliphatic heterocycles. The summed E-state index contributed by atoms with van der Waals surface area (Å²) in [5, 5.41) is 0.171. The van der Waals surface area contributed by atoms with Crippen molar-refractivity contribution < 1.29 is 0 Å². The summed E-state index contributed by atoms with van der Waals surface area (Å²) in [7, 11) is 3.30. The van der Waals surface area contributed by atoms with Crippen molar-refractivity contribution in [1.29, 1.82) is 0 Å². The van der Waals surface area contributed by atoms with Gasteiger partial charge in [0.1, 0.15) is 0 Å². The van der Waals surface area contributed by atoms with Crippen LogP contribution in [0.4, 0.5) is 0 Å². The molecule has 2 aromatic carbocycles. The fourth-order valence-electron chi connectivity index (χ4n) is 4.82. The zero-order valence-corrected chi connectivity index (χ0v) is 16.1. The van der Waals surface area contributed by atoms with Crippen molar-refractivity contribution in [2.45, 2.75) is 64.5 Å². The highest BCUT2D eigenvalue weighted by molar-refractivity contribution is 7.18. The molecule has 0 bridgehead atoms. The van der Waals surface area contributed by atoms with Crippen LogP contribution in [-0.4, -0.2) is 0 Å². The molecule has 1 aliphatic carbocycles. The van der Waals surface area contributed by atoms with Gasteiger partial charge in [-0.2, -0.15) is 0 Å². The van der Waals surface area contributed by atoms with Gasteiger partial charge in [-0.15, -0.1) is 9.24 Å². The van der Waals surface area contributed by atoms with Crippen molar-refractivity contribution in [1.82, 2.24) is 0 Å². The minimum atomic E-state index is 0.171. The van der Waals surface area contributed by atoms with E-state index < -0.39 is 0 Å². The molecule has 0 radical (unpaired) electrons. The lowest BCUT2D eigenvalue weighted by atomic mass is 9.68. The Morgan fingerprint density at radius 1 is 0.826 bits per heavy atom. The molecule has 1 aliphatic rings. The Labute approximate surface area is 143 Å². The van der Waals surface area contributed by atoms with Crippen LogP contribution in [0.3, 0.4) is 0 Å². The molecular weight excluding hydrogens is 295 g/mol. The maximum Gasteiger partial charge on any atom is 0.0171 e. The SMILES string of the molecule is Cc1cccc(C)c1C1CCCCC1(P)c1c(C)cccc1C. The molecular formula is C22H29P. The number of rotatable bonds is 2. The largest absolute Gasteiger partial charge is 0.126 e. The van der Waals surface area contributed by atoms with Crippen LogP contribution in [-0.2, 0) is 5.16 Å². The Balaban J connectivity index is 2.19. The van der Waals surface area contributed by atoms with Gasteiger partial charge >= 0.3 is 0 Å². The third kappa shape index (κ3) is 2.87. The fourth-order valence-corrected chi connectivity index (χ4v) is 5.82. The first-order chi connectivity index (χ1) is 10.9. The molecule has 0 nitrogen and oxygen atoms in total. The Morgan fingerprint density at radius 3 is 1.91 bits per heavy atom. The van der Waals surface area contributed by atoms with E-state index in [0.29, 0.717) is 5.92 Å². The van der Waals surface area contributed by atoms with Crippen LogP contribution in [0, 0.1) is 27.7 Å². The van der Waals surface area contributed by atoms with Crippen LogP contribution in [0.1, 0.15) is 65.0 Å². The summed E-state index contributed by atoms with van der Waals surface area (Å²) < 4.78 is 0. The van der Waals surface area contributed by atoms with Crippen LogP contribution in [0.15, 0.2) is 36.4 Å². The predicted molar refractivity (Wildman–Crippen MR) is 104 cm³/mol. The van der Waals surface area contributed by atoms with Gasteiger partial charge < -0.3 is 0 Å². The Morgan fingerprint density at radius 2 is 1.35 bits per heavy atom. The lowest BCUT2D eigenvalue weighted by molar-refractivity contribution is 0.346. The average molecular weight is 324 g/mol. The highest BCUT2D eigenvalue weighted by Gasteiger charge is 2.41. The third-order valence-electron chi connectivity index (χ3n) is 5.79. The zero-order chi connectivity index (χ0) is 16.6. The van der Waals surface area contributed by atoms with E-state index in [2.05, 4.69) is 73.3 Å². The summed E-state index contributed by atoms with van der Waals surface area (Å²) in [6.07, 6.45) is 5.24. The third-order valence-corrected chi connectivity index (χ3v) is 6.77. The molecule has 1 heteroatoms. The number of hydrogen-bond acceptors (Lipinski definition) is 0. The fraction of sp³-hybridized carbons (Fsp3) is 0.455. The topological polar surface area (TPSA) is 0 Å². The predicted octanol–water partition coefficient (Wildman–Crippen LogP) is 6.35. The summed E-state index contributed by atoms with van der Waals surface area (Å²) in [5.41, 5.74) is 8.95. The van der Waals surface area contributed by atoms with Gasteiger partial charge in [-0.05, 0) is 79.8 Å². The van der Waals surface area contributed by atoms with E-state index in [1.807, 2.05) is 0 Å². The molecule has 0 heterocycles. The van der Waals surface area contributed by atoms with Crippen molar-refractivity contribution in [3.05, 3.63) is 69.8 Å². The van der Waals surface area contributed by atoms with Crippen molar-refractivity contribution in [2.24, 2.45) is 0 Å². The Kier molecular flexibility index (Phi) is 4.65. The molecule has 0 spiro atoms. The van der Waals surface area contributed by atoms with E-state index in [0.717, 1.165) is 0 Å². The van der Waals surface area contributed by atoms with Crippen molar-refractivity contribution in [3.63, 3.8) is 0 Å². The second-order valence-corrected chi connectivity index (χ2v) is 8.44. The highest BCUT2D eigenvalue weighted by Crippen LogP contribution is 2.56. The molecule has 0 saturated heterocycles. The van der Waals surface area contributed by atoms with E-state index in [-0.39, 0.29) is 5.16 Å². The zero-order valence-electron chi connectivity index (χ0n) is 14.9. The van der Waals surface area contributed by atoms with Crippen LogP contribution >= 0.6 is 9.24 Å². The quantitative estimate of drug-likeness (QED) is 0.565. The number of benzene rings is 2. The summed E-state index contributed by atoms with van der Waals surface area (Å²) >= 11 is 0. The Bertz CT molecular complexity index is 675. The van der Waals surface area contributed by atoms with Gasteiger partial charge in [0.2, 0.25) is 0 Å². The van der Waals surface area contributed by atoms with Crippen LogP contribution in [0.5, 0.6) is 0 Å². The molecule has 0 amide bonds. The van der Waals surface area contributed by atoms with Gasteiger partial charge in [0.05, 0.1) is 0 Å². The van der Waals surface area contributed by atoms with E-state index >= 15 is 0 Å². The van der Waals surface area contributed by atoms with Crippen LogP contribution in [0.2, 0.25) is 0 Å². The first-order valence-electron chi connectivity index (χ1n) is 8.87. The second kappa shape index (κ2) is 6.40. The molecule has 3 unspecified atom stereocenters. The van der Waals surface area contributed by atoms with Gasteiger partial charge in [0.25, 0.3) is 0 Å². The van der Waals surface area contributed by atoms with E-state index in [1.165, 1.54) is 47.9 Å². The van der Waals surface area contributed by atoms with E-state index in [9.17, 15) is 0 Å². The molecule has 0 N–H and O–H groups in total. The normalized spacial score (nSPS) is 24.7. The van der Waals surface area contributed by atoms with Gasteiger partial charge in [-0.1, -0.05) is 49.2 Å². The van der Waals surface area contributed by atoms with Gasteiger partial charge in [0, 0.05) is 5.16 Å². The monoisotopic (exact) mass is 324 g/mol. The average Bonchev–Trinajstić information content (AvgIpc) is 2.49. The maximum absolute atomic E-state index is 3.30. The number of aryl methyl sites for hydroxylation is 4. The van der Waals surface area contributed by atoms with E-state index in [1.54, 1.807) is 11.1 Å². The lowest BCUT2D eigenvalue weighted by Gasteiger charge is -2.45. The molecule has 23 heavy (non-hydrogen) atoms. The van der Waals surface area contributed by atoms with Gasteiger partial charge in [0.15, 0.2) is 0 Å². The minimum Gasteiger partial charge on any atom is -0.126 e. The number of hydrogen-bond donors (Lipinski definition) is 0. The minimum absolute atomic E-state index is 0.171. The highest BCUT2D eigenvalue weighted by atomic mass is 31.0. The maximum atomic E-state index is 3.30. The summed E-state index contributed by atoms with van der Waals surface area (Å²) in [4.78, 5) is 0. The summed E-state index contributed by atoms with van der Waals surface area (Å²) in [6.45, 7) is 9.13. The molecule has 3 atom stereocenters. The van der Waals surface area contributed by atoms with E-state index in [4.69, 9.17) is 0 Å². The summed E-state index contributed by atoms with van der Waals surface area (Å²) in [5.74, 6) is 0.599. The Hall–Kier alpha value is -1.13. The van der Waals surface area contributed by atoms with Crippen LogP contribution < -0.4 is 0 Å². The first-order valence-corrected chi connectivity index (χ1v) is 9.44. The standard InChI is InChI=1S/C22H29P/c1-15-9-7-10-16(2)20(15)19-13-5-6-14-22(19,23)21-17(3)11-8-12-18(21)4/h7-12,19H,5-6,13-14,23H2,1-4H3. The van der Waals surface area contributed by atoms with Crippen molar-refractivity contribution in [3.8, 4) is 0 Å². The molecule has 1 fully saturated rings. The molecule has 3 rings (SSSR count). The lowest BCUT2D eigenvalue weighted by Crippen LogP contribution is -2.33. The molecule has 122 valence electrons. The molecule has 1 saturated carbocycles. The smallest absolute Gasteiger partial charge is 0.0171 e. The van der Waals surface area contributed by atoms with Crippen molar-refractivity contribution >= 4 is 9.24 Å². The van der Waals surface area contributed by atoms with Crippen molar-refractivity contribution in [2.75, 3.05) is 0 Å². The summed E-state index contributed by atoms with van der Waals surface area (Å²) in [6, 6.07) is 13.5. The second-order valence-electron chi connectivity index (χ2n) is 7.41.